The number of nitrogens with two attached hydrogens (primary N) is 2. The van der Waals surface area contributed by atoms with Crippen molar-refractivity contribution in [3.05, 3.63) is 29.3 Å². The van der Waals surface area contributed by atoms with Crippen LogP contribution in [-0.4, -0.2) is 13.0 Å². The van der Waals surface area contributed by atoms with Crippen molar-refractivity contribution in [3.8, 4) is 0 Å². The number of rotatable bonds is 3. The Morgan fingerprint density at radius 3 is 2.77 bits per heavy atom. The van der Waals surface area contributed by atoms with Crippen LogP contribution in [0.5, 0.6) is 0 Å². The molecule has 0 fully saturated rings. The first-order valence-corrected chi connectivity index (χ1v) is 3.82. The predicted octanol–water partition coefficient (Wildman–Crippen LogP) is 0.514. The molecular formula is C9H12N2O2. The molecule has 0 atom stereocenters. The first-order chi connectivity index (χ1) is 6.15. The molecule has 4 nitrogen and oxygen atoms in total. The molecule has 4 N–H and O–H groups in total. The highest BCUT2D eigenvalue weighted by atomic mass is 16.5. The predicted molar refractivity (Wildman–Crippen MR) is 50.1 cm³/mol. The van der Waals surface area contributed by atoms with Crippen molar-refractivity contribution in [2.24, 2.45) is 5.73 Å². The van der Waals surface area contributed by atoms with Gasteiger partial charge in [-0.25, -0.2) is 0 Å². The van der Waals surface area contributed by atoms with Crippen LogP contribution in [0.2, 0.25) is 0 Å². The highest BCUT2D eigenvalue weighted by Crippen LogP contribution is 2.13. The first kappa shape index (κ1) is 9.54. The standard InChI is InChI=1S/C9H12N2O2/c1-13-5-6-2-3-8(10)7(4-6)9(11)12/h2-4H,5,10H2,1H3,(H2,11,12). The van der Waals surface area contributed by atoms with Crippen LogP contribution < -0.4 is 11.5 Å². The normalized spacial score (nSPS) is 9.92. The van der Waals surface area contributed by atoms with Gasteiger partial charge in [-0.15, -0.1) is 0 Å². The topological polar surface area (TPSA) is 78.3 Å². The van der Waals surface area contributed by atoms with Crippen molar-refractivity contribution in [1.82, 2.24) is 0 Å². The Bertz CT molecular complexity index is 323. The number of amides is 1. The summed E-state index contributed by atoms with van der Waals surface area (Å²) in [5.74, 6) is -0.518. The summed E-state index contributed by atoms with van der Waals surface area (Å²) in [6.07, 6.45) is 0. The molecule has 0 aliphatic heterocycles. The van der Waals surface area contributed by atoms with Crippen molar-refractivity contribution in [2.75, 3.05) is 12.8 Å². The Kier molecular flexibility index (Phi) is 2.87. The minimum Gasteiger partial charge on any atom is -0.398 e. The lowest BCUT2D eigenvalue weighted by molar-refractivity contribution is 0.100. The second-order valence-corrected chi connectivity index (χ2v) is 2.72. The number of ether oxygens (including phenoxy) is 1. The van der Waals surface area contributed by atoms with Crippen LogP contribution in [0.1, 0.15) is 15.9 Å². The summed E-state index contributed by atoms with van der Waals surface area (Å²) in [5.41, 5.74) is 12.3. The molecule has 1 amide bonds. The van der Waals surface area contributed by atoms with Crippen molar-refractivity contribution >= 4 is 11.6 Å². The van der Waals surface area contributed by atoms with Gasteiger partial charge < -0.3 is 16.2 Å². The molecule has 0 aromatic heterocycles. The van der Waals surface area contributed by atoms with Crippen molar-refractivity contribution < 1.29 is 9.53 Å². The molecule has 1 aromatic carbocycles. The van der Waals surface area contributed by atoms with E-state index in [1.54, 1.807) is 25.3 Å². The van der Waals surface area contributed by atoms with E-state index in [-0.39, 0.29) is 0 Å². The largest absolute Gasteiger partial charge is 0.398 e. The zero-order chi connectivity index (χ0) is 9.84. The van der Waals surface area contributed by atoms with Gasteiger partial charge in [-0.05, 0) is 17.7 Å². The Labute approximate surface area is 76.5 Å². The molecular weight excluding hydrogens is 168 g/mol. The van der Waals surface area contributed by atoms with E-state index in [0.29, 0.717) is 17.9 Å². The summed E-state index contributed by atoms with van der Waals surface area (Å²) in [5, 5.41) is 0. The molecule has 0 saturated heterocycles. The molecule has 0 aliphatic rings. The second-order valence-electron chi connectivity index (χ2n) is 2.72. The van der Waals surface area contributed by atoms with Gasteiger partial charge in [-0.2, -0.15) is 0 Å². The summed E-state index contributed by atoms with van der Waals surface area (Å²) >= 11 is 0. The van der Waals surface area contributed by atoms with Gasteiger partial charge in [0.2, 0.25) is 0 Å². The van der Waals surface area contributed by atoms with Gasteiger partial charge in [0.25, 0.3) is 5.91 Å². The van der Waals surface area contributed by atoms with E-state index in [2.05, 4.69) is 0 Å². The number of methoxy groups -OCH3 is 1. The molecule has 0 radical (unpaired) electrons. The van der Waals surface area contributed by atoms with E-state index in [1.807, 2.05) is 0 Å². The average Bonchev–Trinajstić information content (AvgIpc) is 2.08. The summed E-state index contributed by atoms with van der Waals surface area (Å²) in [4.78, 5) is 10.9. The Morgan fingerprint density at radius 2 is 2.23 bits per heavy atom. The fraction of sp³-hybridized carbons (Fsp3) is 0.222. The maximum atomic E-state index is 10.9. The lowest BCUT2D eigenvalue weighted by atomic mass is 10.1. The number of primary amides is 1. The maximum Gasteiger partial charge on any atom is 0.250 e. The van der Waals surface area contributed by atoms with Crippen LogP contribution >= 0.6 is 0 Å². The second kappa shape index (κ2) is 3.91. The SMILES string of the molecule is COCc1ccc(N)c(C(N)=O)c1. The van der Waals surface area contributed by atoms with Crippen LogP contribution in [0.15, 0.2) is 18.2 Å². The lowest BCUT2D eigenvalue weighted by Gasteiger charge is -2.04. The van der Waals surface area contributed by atoms with E-state index >= 15 is 0 Å². The molecule has 0 spiro atoms. The minimum atomic E-state index is -0.518. The van der Waals surface area contributed by atoms with Crippen molar-refractivity contribution in [3.63, 3.8) is 0 Å². The molecule has 1 aromatic rings. The number of carbonyl (C=O) groups excluding carboxylic acids is 1. The number of hydrogen-bond acceptors (Lipinski definition) is 3. The highest BCUT2D eigenvalue weighted by molar-refractivity contribution is 5.98. The van der Waals surface area contributed by atoms with Crippen molar-refractivity contribution in [1.29, 1.82) is 0 Å². The fourth-order valence-electron chi connectivity index (χ4n) is 1.07. The smallest absolute Gasteiger partial charge is 0.250 e. The third-order valence-corrected chi connectivity index (χ3v) is 1.69. The number of anilines is 1. The Morgan fingerprint density at radius 1 is 1.54 bits per heavy atom. The third kappa shape index (κ3) is 2.19. The van der Waals surface area contributed by atoms with Gasteiger partial charge in [-0.1, -0.05) is 6.07 Å². The van der Waals surface area contributed by atoms with Crippen LogP contribution in [0.4, 0.5) is 5.69 Å². The van der Waals surface area contributed by atoms with E-state index in [4.69, 9.17) is 16.2 Å². The number of nitrogen functional groups attached to an aromatic ring is 1. The minimum absolute atomic E-state index is 0.342. The first-order valence-electron chi connectivity index (χ1n) is 3.82. The molecule has 0 heterocycles. The molecule has 0 saturated carbocycles. The fourth-order valence-corrected chi connectivity index (χ4v) is 1.07. The average molecular weight is 180 g/mol. The number of hydrogen-bond donors (Lipinski definition) is 2. The van der Waals surface area contributed by atoms with Crippen LogP contribution in [0.3, 0.4) is 0 Å². The summed E-state index contributed by atoms with van der Waals surface area (Å²) in [7, 11) is 1.58. The van der Waals surface area contributed by atoms with Gasteiger partial charge in [0.05, 0.1) is 12.2 Å². The zero-order valence-corrected chi connectivity index (χ0v) is 7.41. The number of carbonyl (C=O) groups is 1. The molecule has 1 rings (SSSR count). The van der Waals surface area contributed by atoms with Crippen LogP contribution in [-0.2, 0) is 11.3 Å². The van der Waals surface area contributed by atoms with E-state index in [9.17, 15) is 4.79 Å². The zero-order valence-electron chi connectivity index (χ0n) is 7.41. The monoisotopic (exact) mass is 180 g/mol. The lowest BCUT2D eigenvalue weighted by Crippen LogP contribution is -2.13. The Hall–Kier alpha value is -1.55. The van der Waals surface area contributed by atoms with Crippen molar-refractivity contribution in [2.45, 2.75) is 6.61 Å². The van der Waals surface area contributed by atoms with Gasteiger partial charge in [0.1, 0.15) is 0 Å². The quantitative estimate of drug-likeness (QED) is 0.665. The Balaban J connectivity index is 3.04. The molecule has 70 valence electrons. The molecule has 0 unspecified atom stereocenters. The maximum absolute atomic E-state index is 10.9. The summed E-state index contributed by atoms with van der Waals surface area (Å²) in [6, 6.07) is 5.08. The van der Waals surface area contributed by atoms with E-state index in [1.165, 1.54) is 0 Å². The van der Waals surface area contributed by atoms with Gasteiger partial charge in [-0.3, -0.25) is 4.79 Å². The van der Waals surface area contributed by atoms with E-state index in [0.717, 1.165) is 5.56 Å². The van der Waals surface area contributed by atoms with E-state index < -0.39 is 5.91 Å². The number of benzene rings is 1. The van der Waals surface area contributed by atoms with Gasteiger partial charge in [0, 0.05) is 12.8 Å². The molecule has 0 bridgehead atoms. The summed E-state index contributed by atoms with van der Waals surface area (Å²) < 4.78 is 4.91. The van der Waals surface area contributed by atoms with Gasteiger partial charge in [0.15, 0.2) is 0 Å². The summed E-state index contributed by atoms with van der Waals surface area (Å²) in [6.45, 7) is 0.445. The highest BCUT2D eigenvalue weighted by Gasteiger charge is 2.05. The molecule has 13 heavy (non-hydrogen) atoms. The van der Waals surface area contributed by atoms with Crippen LogP contribution in [0.25, 0.3) is 0 Å². The van der Waals surface area contributed by atoms with Gasteiger partial charge >= 0.3 is 0 Å². The third-order valence-electron chi connectivity index (χ3n) is 1.69. The molecule has 4 heteroatoms. The van der Waals surface area contributed by atoms with Crippen LogP contribution in [0, 0.1) is 0 Å². The molecule has 0 aliphatic carbocycles.